The van der Waals surface area contributed by atoms with Crippen LogP contribution in [0.3, 0.4) is 0 Å². The molecule has 0 bridgehead atoms. The number of nitrogens with one attached hydrogen (secondary N) is 2. The summed E-state index contributed by atoms with van der Waals surface area (Å²) >= 11 is 0. The molecule has 0 unspecified atom stereocenters. The summed E-state index contributed by atoms with van der Waals surface area (Å²) in [6.45, 7) is 2.99. The van der Waals surface area contributed by atoms with E-state index in [1.807, 2.05) is 0 Å². The number of hydrogen-bond acceptors (Lipinski definition) is 6. The number of amides is 2. The number of carbonyl (C=O) groups is 2. The first-order valence-corrected chi connectivity index (χ1v) is 6.90. The van der Waals surface area contributed by atoms with E-state index >= 15 is 0 Å². The van der Waals surface area contributed by atoms with E-state index < -0.39 is 16.7 Å². The van der Waals surface area contributed by atoms with E-state index in [-0.39, 0.29) is 12.3 Å². The van der Waals surface area contributed by atoms with Gasteiger partial charge in [0.1, 0.15) is 17.3 Å². The first-order valence-electron chi connectivity index (χ1n) is 6.90. The van der Waals surface area contributed by atoms with Crippen molar-refractivity contribution in [2.75, 3.05) is 6.61 Å². The van der Waals surface area contributed by atoms with E-state index in [2.05, 4.69) is 10.9 Å². The largest absolute Gasteiger partial charge is 0.484 e. The Morgan fingerprint density at radius 2 is 1.88 bits per heavy atom. The van der Waals surface area contributed by atoms with Gasteiger partial charge in [0, 0.05) is 12.1 Å². The summed E-state index contributed by atoms with van der Waals surface area (Å²) in [5.41, 5.74) is 4.69. The lowest BCUT2D eigenvalue weighted by atomic mass is 10.2. The number of nitro benzene ring substituents is 1. The van der Waals surface area contributed by atoms with Crippen LogP contribution in [0.15, 0.2) is 34.7 Å². The molecule has 0 spiro atoms. The molecule has 9 heteroatoms. The molecular formula is C15H15N3O6. The van der Waals surface area contributed by atoms with Crippen molar-refractivity contribution in [2.24, 2.45) is 0 Å². The predicted octanol–water partition coefficient (Wildman–Crippen LogP) is 1.64. The van der Waals surface area contributed by atoms with Crippen molar-refractivity contribution in [2.45, 2.75) is 13.8 Å². The van der Waals surface area contributed by atoms with Gasteiger partial charge < -0.3 is 9.15 Å². The summed E-state index contributed by atoms with van der Waals surface area (Å²) < 4.78 is 10.4. The van der Waals surface area contributed by atoms with Crippen LogP contribution in [0.5, 0.6) is 5.75 Å². The minimum Gasteiger partial charge on any atom is -0.484 e. The van der Waals surface area contributed by atoms with Gasteiger partial charge in [-0.3, -0.25) is 30.6 Å². The standard InChI is InChI=1S/C15H15N3O6/c1-9-7-13(10(2)24-9)15(20)17-16-14(19)8-23-12-5-3-11(4-6-12)18(21)22/h3-7H,8H2,1-2H3,(H,16,19)(H,17,20). The molecule has 0 aliphatic carbocycles. The van der Waals surface area contributed by atoms with Gasteiger partial charge in [0.05, 0.1) is 10.5 Å². The van der Waals surface area contributed by atoms with Crippen LogP contribution >= 0.6 is 0 Å². The van der Waals surface area contributed by atoms with Crippen LogP contribution in [0, 0.1) is 24.0 Å². The number of furan rings is 1. The summed E-state index contributed by atoms with van der Waals surface area (Å²) in [5.74, 6) is 0.239. The van der Waals surface area contributed by atoms with Gasteiger partial charge in [-0.2, -0.15) is 0 Å². The topological polar surface area (TPSA) is 124 Å². The number of nitro groups is 1. The zero-order chi connectivity index (χ0) is 17.7. The van der Waals surface area contributed by atoms with E-state index in [1.165, 1.54) is 24.3 Å². The van der Waals surface area contributed by atoms with Gasteiger partial charge >= 0.3 is 0 Å². The normalized spacial score (nSPS) is 10.1. The van der Waals surface area contributed by atoms with Gasteiger partial charge in [-0.15, -0.1) is 0 Å². The average Bonchev–Trinajstić information content (AvgIpc) is 2.89. The maximum absolute atomic E-state index is 11.9. The zero-order valence-corrected chi connectivity index (χ0v) is 13.0. The molecule has 0 aliphatic rings. The molecule has 126 valence electrons. The van der Waals surface area contributed by atoms with E-state index in [4.69, 9.17) is 9.15 Å². The van der Waals surface area contributed by atoms with Crippen LogP contribution in [-0.4, -0.2) is 23.3 Å². The zero-order valence-electron chi connectivity index (χ0n) is 13.0. The van der Waals surface area contributed by atoms with Crippen LogP contribution in [0.1, 0.15) is 21.9 Å². The van der Waals surface area contributed by atoms with E-state index in [9.17, 15) is 19.7 Å². The van der Waals surface area contributed by atoms with Crippen molar-refractivity contribution in [3.8, 4) is 5.75 Å². The molecule has 1 heterocycles. The lowest BCUT2D eigenvalue weighted by Crippen LogP contribution is -2.43. The van der Waals surface area contributed by atoms with Crippen molar-refractivity contribution in [3.05, 3.63) is 57.5 Å². The van der Waals surface area contributed by atoms with Gasteiger partial charge in [0.25, 0.3) is 17.5 Å². The number of carbonyl (C=O) groups excluding carboxylic acids is 2. The Morgan fingerprint density at radius 1 is 1.21 bits per heavy atom. The second-order valence-electron chi connectivity index (χ2n) is 4.87. The molecule has 24 heavy (non-hydrogen) atoms. The molecule has 2 amide bonds. The van der Waals surface area contributed by atoms with Crippen molar-refractivity contribution in [3.63, 3.8) is 0 Å². The number of benzene rings is 1. The Bertz CT molecular complexity index is 766. The second kappa shape index (κ2) is 7.27. The first kappa shape index (κ1) is 17.0. The van der Waals surface area contributed by atoms with Crippen molar-refractivity contribution >= 4 is 17.5 Å². The smallest absolute Gasteiger partial charge is 0.276 e. The Hall–Kier alpha value is -3.36. The number of aryl methyl sites for hydroxylation is 2. The lowest BCUT2D eigenvalue weighted by molar-refractivity contribution is -0.384. The fraction of sp³-hybridized carbons (Fsp3) is 0.200. The maximum Gasteiger partial charge on any atom is 0.276 e. The Balaban J connectivity index is 1.80. The minimum absolute atomic E-state index is 0.0789. The van der Waals surface area contributed by atoms with Crippen LogP contribution in [0.25, 0.3) is 0 Å². The molecule has 1 aromatic heterocycles. The molecular weight excluding hydrogens is 318 g/mol. The quantitative estimate of drug-likeness (QED) is 0.633. The third-order valence-corrected chi connectivity index (χ3v) is 3.02. The molecule has 2 N–H and O–H groups in total. The molecule has 0 radical (unpaired) electrons. The average molecular weight is 333 g/mol. The van der Waals surface area contributed by atoms with Crippen LogP contribution in [-0.2, 0) is 4.79 Å². The molecule has 0 saturated heterocycles. The summed E-state index contributed by atoms with van der Waals surface area (Å²) in [6.07, 6.45) is 0. The fourth-order valence-corrected chi connectivity index (χ4v) is 1.90. The number of ether oxygens (including phenoxy) is 1. The SMILES string of the molecule is Cc1cc(C(=O)NNC(=O)COc2ccc([N+](=O)[O-])cc2)c(C)o1. The summed E-state index contributed by atoms with van der Waals surface area (Å²) in [7, 11) is 0. The summed E-state index contributed by atoms with van der Waals surface area (Å²) in [6, 6.07) is 6.84. The van der Waals surface area contributed by atoms with Gasteiger partial charge in [-0.05, 0) is 32.0 Å². The number of hydrazine groups is 1. The second-order valence-corrected chi connectivity index (χ2v) is 4.87. The Kier molecular flexibility index (Phi) is 5.15. The minimum atomic E-state index is -0.584. The van der Waals surface area contributed by atoms with Gasteiger partial charge in [0.2, 0.25) is 0 Å². The molecule has 2 rings (SSSR count). The van der Waals surface area contributed by atoms with Crippen molar-refractivity contribution in [1.29, 1.82) is 0 Å². The highest BCUT2D eigenvalue weighted by atomic mass is 16.6. The van der Waals surface area contributed by atoms with Crippen LogP contribution in [0.4, 0.5) is 5.69 Å². The van der Waals surface area contributed by atoms with Gasteiger partial charge in [0.15, 0.2) is 6.61 Å². The highest BCUT2D eigenvalue weighted by Gasteiger charge is 2.14. The number of nitrogens with zero attached hydrogens (tertiary/aromatic N) is 1. The molecule has 0 atom stereocenters. The molecule has 1 aromatic carbocycles. The Morgan fingerprint density at radius 3 is 2.42 bits per heavy atom. The van der Waals surface area contributed by atoms with Gasteiger partial charge in [-0.25, -0.2) is 0 Å². The third-order valence-electron chi connectivity index (χ3n) is 3.02. The number of non-ortho nitro benzene ring substituents is 1. The maximum atomic E-state index is 11.9. The van der Waals surface area contributed by atoms with E-state index in [1.54, 1.807) is 19.9 Å². The van der Waals surface area contributed by atoms with E-state index in [0.29, 0.717) is 22.8 Å². The molecule has 9 nitrogen and oxygen atoms in total. The van der Waals surface area contributed by atoms with Crippen LogP contribution in [0.2, 0.25) is 0 Å². The summed E-state index contributed by atoms with van der Waals surface area (Å²) in [4.78, 5) is 33.5. The van der Waals surface area contributed by atoms with Gasteiger partial charge in [-0.1, -0.05) is 0 Å². The monoisotopic (exact) mass is 333 g/mol. The summed E-state index contributed by atoms with van der Waals surface area (Å²) in [5, 5.41) is 10.5. The van der Waals surface area contributed by atoms with Crippen LogP contribution < -0.4 is 15.6 Å². The van der Waals surface area contributed by atoms with E-state index in [0.717, 1.165) is 0 Å². The number of hydrogen-bond donors (Lipinski definition) is 2. The molecule has 2 aromatic rings. The molecule has 0 saturated carbocycles. The number of rotatable bonds is 5. The highest BCUT2D eigenvalue weighted by molar-refractivity contribution is 5.96. The highest BCUT2D eigenvalue weighted by Crippen LogP contribution is 2.17. The fourth-order valence-electron chi connectivity index (χ4n) is 1.90. The first-order chi connectivity index (χ1) is 11.4. The van der Waals surface area contributed by atoms with Crippen molar-refractivity contribution < 1.29 is 23.7 Å². The third kappa shape index (κ3) is 4.32. The lowest BCUT2D eigenvalue weighted by Gasteiger charge is -2.08. The Labute approximate surface area is 136 Å². The molecule has 0 aliphatic heterocycles. The molecule has 0 fully saturated rings. The van der Waals surface area contributed by atoms with Crippen molar-refractivity contribution in [1.82, 2.24) is 10.9 Å². The predicted molar refractivity (Wildman–Crippen MR) is 82.4 cm³/mol.